The largest absolute Gasteiger partial charge is 0.496 e. The number of nitrogens with one attached hydrogen (secondary N) is 1. The molecule has 1 aromatic carbocycles. The van der Waals surface area contributed by atoms with E-state index in [1.165, 1.54) is 15.3 Å². The summed E-state index contributed by atoms with van der Waals surface area (Å²) in [6, 6.07) is 12.5. The molecule has 0 aliphatic rings. The summed E-state index contributed by atoms with van der Waals surface area (Å²) in [6.07, 6.45) is 0.973. The topological polar surface area (TPSA) is 30.5 Å². The van der Waals surface area contributed by atoms with Crippen LogP contribution in [0.15, 0.2) is 36.4 Å². The smallest absolute Gasteiger partial charge is 0.122 e. The standard InChI is InChI=1S/C16H21NO2S/c1-18-12-15-8-7-14(20-15)11-17-10-9-13-5-3-4-6-16(13)19-2/h3-8,17H,9-12H2,1-2H3. The molecule has 108 valence electrons. The van der Waals surface area contributed by atoms with Crippen molar-refractivity contribution in [1.82, 2.24) is 5.32 Å². The van der Waals surface area contributed by atoms with Gasteiger partial charge in [0.05, 0.1) is 13.7 Å². The zero-order chi connectivity index (χ0) is 14.2. The third kappa shape index (κ3) is 4.34. The van der Waals surface area contributed by atoms with Crippen LogP contribution in [0.4, 0.5) is 0 Å². The van der Waals surface area contributed by atoms with Crippen molar-refractivity contribution in [2.24, 2.45) is 0 Å². The number of para-hydroxylation sites is 1. The van der Waals surface area contributed by atoms with Crippen LogP contribution in [0, 0.1) is 0 Å². The second-order valence-electron chi connectivity index (χ2n) is 4.54. The van der Waals surface area contributed by atoms with Gasteiger partial charge in [0.15, 0.2) is 0 Å². The van der Waals surface area contributed by atoms with E-state index in [2.05, 4.69) is 23.5 Å². The Kier molecular flexibility index (Phi) is 6.05. The maximum Gasteiger partial charge on any atom is 0.122 e. The Hall–Kier alpha value is -1.36. The Labute approximate surface area is 124 Å². The van der Waals surface area contributed by atoms with Gasteiger partial charge >= 0.3 is 0 Å². The molecular weight excluding hydrogens is 270 g/mol. The van der Waals surface area contributed by atoms with Gasteiger partial charge in [0.25, 0.3) is 0 Å². The molecule has 0 saturated heterocycles. The van der Waals surface area contributed by atoms with Gasteiger partial charge in [-0.05, 0) is 36.7 Å². The normalized spacial score (nSPS) is 10.7. The van der Waals surface area contributed by atoms with E-state index in [0.29, 0.717) is 6.61 Å². The van der Waals surface area contributed by atoms with Crippen LogP contribution < -0.4 is 10.1 Å². The van der Waals surface area contributed by atoms with Gasteiger partial charge in [-0.3, -0.25) is 0 Å². The first kappa shape index (κ1) is 15.0. The van der Waals surface area contributed by atoms with Crippen LogP contribution in [0.25, 0.3) is 0 Å². The first-order valence-electron chi connectivity index (χ1n) is 6.72. The molecule has 1 N–H and O–H groups in total. The second kappa shape index (κ2) is 8.04. The molecule has 0 atom stereocenters. The predicted octanol–water partition coefficient (Wildman–Crippen LogP) is 3.24. The van der Waals surface area contributed by atoms with Crippen LogP contribution >= 0.6 is 11.3 Å². The molecule has 2 rings (SSSR count). The third-order valence-corrected chi connectivity index (χ3v) is 4.13. The van der Waals surface area contributed by atoms with E-state index in [1.807, 2.05) is 18.2 Å². The molecule has 0 amide bonds. The molecule has 0 fully saturated rings. The third-order valence-electron chi connectivity index (χ3n) is 3.07. The summed E-state index contributed by atoms with van der Waals surface area (Å²) in [4.78, 5) is 2.62. The van der Waals surface area contributed by atoms with Crippen LogP contribution in [-0.2, 0) is 24.3 Å². The summed E-state index contributed by atoms with van der Waals surface area (Å²) in [5.74, 6) is 0.966. The fourth-order valence-electron chi connectivity index (χ4n) is 2.08. The van der Waals surface area contributed by atoms with Crippen molar-refractivity contribution in [2.75, 3.05) is 20.8 Å². The molecule has 0 radical (unpaired) electrons. The van der Waals surface area contributed by atoms with Crippen molar-refractivity contribution >= 4 is 11.3 Å². The van der Waals surface area contributed by atoms with Crippen molar-refractivity contribution in [3.8, 4) is 5.75 Å². The summed E-state index contributed by atoms with van der Waals surface area (Å²) in [5, 5.41) is 3.47. The Balaban J connectivity index is 1.75. The lowest BCUT2D eigenvalue weighted by Gasteiger charge is -2.08. The fraction of sp³-hybridized carbons (Fsp3) is 0.375. The van der Waals surface area contributed by atoms with Gasteiger partial charge in [-0.2, -0.15) is 0 Å². The minimum atomic E-state index is 0.700. The number of rotatable bonds is 8. The minimum Gasteiger partial charge on any atom is -0.496 e. The molecule has 4 heteroatoms. The first-order chi connectivity index (χ1) is 9.83. The van der Waals surface area contributed by atoms with Crippen molar-refractivity contribution in [3.63, 3.8) is 0 Å². The summed E-state index contributed by atoms with van der Waals surface area (Å²) < 4.78 is 10.5. The molecule has 1 heterocycles. The lowest BCUT2D eigenvalue weighted by molar-refractivity contribution is 0.187. The average molecular weight is 291 g/mol. The number of thiophene rings is 1. The van der Waals surface area contributed by atoms with E-state index in [-0.39, 0.29) is 0 Å². The molecule has 0 spiro atoms. The highest BCUT2D eigenvalue weighted by Gasteiger charge is 2.02. The van der Waals surface area contributed by atoms with Gasteiger partial charge in [-0.25, -0.2) is 0 Å². The van der Waals surface area contributed by atoms with E-state index in [0.717, 1.165) is 25.3 Å². The van der Waals surface area contributed by atoms with Crippen molar-refractivity contribution in [2.45, 2.75) is 19.6 Å². The number of hydrogen-bond donors (Lipinski definition) is 1. The van der Waals surface area contributed by atoms with Crippen LogP contribution in [0.2, 0.25) is 0 Å². The van der Waals surface area contributed by atoms with Crippen LogP contribution in [0.5, 0.6) is 5.75 Å². The van der Waals surface area contributed by atoms with Crippen molar-refractivity contribution < 1.29 is 9.47 Å². The highest BCUT2D eigenvalue weighted by Crippen LogP contribution is 2.18. The van der Waals surface area contributed by atoms with E-state index in [4.69, 9.17) is 9.47 Å². The van der Waals surface area contributed by atoms with Gasteiger partial charge in [-0.1, -0.05) is 18.2 Å². The molecule has 0 aliphatic carbocycles. The molecule has 20 heavy (non-hydrogen) atoms. The second-order valence-corrected chi connectivity index (χ2v) is 5.79. The Morgan fingerprint density at radius 3 is 2.65 bits per heavy atom. The monoisotopic (exact) mass is 291 g/mol. The highest BCUT2D eigenvalue weighted by atomic mass is 32.1. The van der Waals surface area contributed by atoms with E-state index < -0.39 is 0 Å². The zero-order valence-electron chi connectivity index (χ0n) is 12.0. The number of ether oxygens (including phenoxy) is 2. The SMILES string of the molecule is COCc1ccc(CNCCc2ccccc2OC)s1. The van der Waals surface area contributed by atoms with Gasteiger partial charge in [0.2, 0.25) is 0 Å². The summed E-state index contributed by atoms with van der Waals surface area (Å²) in [5.41, 5.74) is 1.24. The predicted molar refractivity (Wildman–Crippen MR) is 83.4 cm³/mol. The van der Waals surface area contributed by atoms with Crippen LogP contribution in [-0.4, -0.2) is 20.8 Å². The van der Waals surface area contributed by atoms with Gasteiger partial charge < -0.3 is 14.8 Å². The van der Waals surface area contributed by atoms with Gasteiger partial charge in [0.1, 0.15) is 5.75 Å². The van der Waals surface area contributed by atoms with Crippen LogP contribution in [0.1, 0.15) is 15.3 Å². The maximum atomic E-state index is 5.35. The molecule has 1 aromatic heterocycles. The lowest BCUT2D eigenvalue weighted by atomic mass is 10.1. The lowest BCUT2D eigenvalue weighted by Crippen LogP contribution is -2.16. The summed E-state index contributed by atoms with van der Waals surface area (Å²) in [7, 11) is 3.44. The Morgan fingerprint density at radius 2 is 1.85 bits per heavy atom. The number of methoxy groups -OCH3 is 2. The molecule has 0 unspecified atom stereocenters. The minimum absolute atomic E-state index is 0.700. The van der Waals surface area contributed by atoms with Crippen LogP contribution in [0.3, 0.4) is 0 Å². The van der Waals surface area contributed by atoms with Crippen molar-refractivity contribution in [3.05, 3.63) is 51.7 Å². The quantitative estimate of drug-likeness (QED) is 0.757. The number of hydrogen-bond acceptors (Lipinski definition) is 4. The molecule has 2 aromatic rings. The van der Waals surface area contributed by atoms with Crippen molar-refractivity contribution in [1.29, 1.82) is 0 Å². The Bertz CT molecular complexity index is 525. The highest BCUT2D eigenvalue weighted by molar-refractivity contribution is 7.11. The van der Waals surface area contributed by atoms with E-state index in [9.17, 15) is 0 Å². The molecule has 3 nitrogen and oxygen atoms in total. The molecule has 0 bridgehead atoms. The molecule has 0 aliphatic heterocycles. The number of benzene rings is 1. The van der Waals surface area contributed by atoms with Gasteiger partial charge in [-0.15, -0.1) is 11.3 Å². The molecule has 0 saturated carbocycles. The van der Waals surface area contributed by atoms with E-state index in [1.54, 1.807) is 25.6 Å². The van der Waals surface area contributed by atoms with Gasteiger partial charge in [0, 0.05) is 23.4 Å². The zero-order valence-corrected chi connectivity index (χ0v) is 12.8. The summed E-state index contributed by atoms with van der Waals surface area (Å²) >= 11 is 1.80. The van der Waals surface area contributed by atoms with E-state index >= 15 is 0 Å². The average Bonchev–Trinajstić information content (AvgIpc) is 2.92. The fourth-order valence-corrected chi connectivity index (χ4v) is 3.04. The first-order valence-corrected chi connectivity index (χ1v) is 7.54. The molecular formula is C16H21NO2S. The summed E-state index contributed by atoms with van der Waals surface area (Å²) in [6.45, 7) is 2.55. The Morgan fingerprint density at radius 1 is 1.05 bits per heavy atom. The maximum absolute atomic E-state index is 5.35.